The summed E-state index contributed by atoms with van der Waals surface area (Å²) in [5, 5.41) is 0. The first kappa shape index (κ1) is 18.3. The van der Waals surface area contributed by atoms with E-state index in [4.69, 9.17) is 4.74 Å². The Morgan fingerprint density at radius 2 is 1.80 bits per heavy atom. The Hall–Kier alpha value is -1.47. The van der Waals surface area contributed by atoms with Gasteiger partial charge in [0.05, 0.1) is 24.2 Å². The number of rotatable bonds is 6. The number of ether oxygens (including phenoxy) is 1. The van der Waals surface area contributed by atoms with Crippen LogP contribution < -0.4 is 0 Å². The number of sulfonamides is 1. The van der Waals surface area contributed by atoms with Gasteiger partial charge in [0.1, 0.15) is 0 Å². The maximum Gasteiger partial charge on any atom is 0.244 e. The lowest BCUT2D eigenvalue weighted by molar-refractivity contribution is 0.0954. The van der Waals surface area contributed by atoms with Crippen LogP contribution in [0.25, 0.3) is 0 Å². The zero-order chi connectivity index (χ0) is 17.9. The van der Waals surface area contributed by atoms with Gasteiger partial charge in [0.25, 0.3) is 0 Å². The van der Waals surface area contributed by atoms with Gasteiger partial charge >= 0.3 is 0 Å². The number of aryl methyl sites for hydroxylation is 1. The normalized spacial score (nSPS) is 18.3. The molecule has 0 aliphatic carbocycles. The Labute approximate surface area is 157 Å². The van der Waals surface area contributed by atoms with Gasteiger partial charge in [-0.15, -0.1) is 0 Å². The fourth-order valence-corrected chi connectivity index (χ4v) is 4.91. The van der Waals surface area contributed by atoms with Crippen LogP contribution in [0, 0.1) is 6.92 Å². The highest BCUT2D eigenvalue weighted by Gasteiger charge is 2.36. The molecule has 0 spiro atoms. The van der Waals surface area contributed by atoms with Gasteiger partial charge in [-0.25, -0.2) is 8.42 Å². The van der Waals surface area contributed by atoms with Crippen molar-refractivity contribution in [1.29, 1.82) is 0 Å². The molecule has 0 fully saturated rings. The summed E-state index contributed by atoms with van der Waals surface area (Å²) in [5.74, 6) is 0. The van der Waals surface area contributed by atoms with Gasteiger partial charge in [-0.1, -0.05) is 70.0 Å². The number of hydrogen-bond donors (Lipinski definition) is 0. The fourth-order valence-electron chi connectivity index (χ4n) is 2.71. The topological polar surface area (TPSA) is 46.6 Å². The number of nitrogens with zero attached hydrogens (tertiary/aromatic N) is 1. The lowest BCUT2D eigenvalue weighted by Crippen LogP contribution is -2.39. The van der Waals surface area contributed by atoms with Crippen LogP contribution in [0.1, 0.15) is 11.1 Å². The van der Waals surface area contributed by atoms with E-state index in [0.29, 0.717) is 24.7 Å². The minimum absolute atomic E-state index is 0.303. The quantitative estimate of drug-likeness (QED) is 0.710. The SMILES string of the molecule is Cc1ccc(S(=O)(=O)N2CC=C(Br)[C@H]2COCc2ccccc2)cc1. The monoisotopic (exact) mass is 421 g/mol. The molecule has 0 amide bonds. The highest BCUT2D eigenvalue weighted by molar-refractivity contribution is 9.11. The summed E-state index contributed by atoms with van der Waals surface area (Å²) < 4.78 is 34.0. The van der Waals surface area contributed by atoms with Gasteiger partial charge in [0.2, 0.25) is 10.0 Å². The van der Waals surface area contributed by atoms with Crippen LogP contribution in [-0.4, -0.2) is 31.9 Å². The summed E-state index contributed by atoms with van der Waals surface area (Å²) in [4.78, 5) is 0.307. The molecule has 6 heteroatoms. The van der Waals surface area contributed by atoms with Gasteiger partial charge in [0.15, 0.2) is 0 Å². The molecule has 0 bridgehead atoms. The fraction of sp³-hybridized carbons (Fsp3) is 0.263. The van der Waals surface area contributed by atoms with Crippen LogP contribution in [-0.2, 0) is 21.4 Å². The van der Waals surface area contributed by atoms with Crippen LogP contribution in [0.3, 0.4) is 0 Å². The molecule has 2 aromatic carbocycles. The van der Waals surface area contributed by atoms with Crippen molar-refractivity contribution in [2.24, 2.45) is 0 Å². The molecule has 0 unspecified atom stereocenters. The van der Waals surface area contributed by atoms with E-state index < -0.39 is 10.0 Å². The smallest absolute Gasteiger partial charge is 0.244 e. The van der Waals surface area contributed by atoms with Gasteiger partial charge in [-0.05, 0) is 24.6 Å². The van der Waals surface area contributed by atoms with Crippen LogP contribution in [0.4, 0.5) is 0 Å². The predicted molar refractivity (Wildman–Crippen MR) is 102 cm³/mol. The van der Waals surface area contributed by atoms with Crippen LogP contribution in [0.5, 0.6) is 0 Å². The van der Waals surface area contributed by atoms with Crippen molar-refractivity contribution in [3.8, 4) is 0 Å². The zero-order valence-corrected chi connectivity index (χ0v) is 16.3. The van der Waals surface area contributed by atoms with Crippen molar-refractivity contribution in [2.75, 3.05) is 13.2 Å². The van der Waals surface area contributed by atoms with Crippen molar-refractivity contribution in [3.05, 3.63) is 76.3 Å². The largest absolute Gasteiger partial charge is 0.375 e. The number of halogens is 1. The molecule has 0 saturated heterocycles. The van der Waals surface area contributed by atoms with Crippen molar-refractivity contribution >= 4 is 26.0 Å². The van der Waals surface area contributed by atoms with Gasteiger partial charge in [-0.2, -0.15) is 4.31 Å². The Morgan fingerprint density at radius 1 is 1.12 bits per heavy atom. The summed E-state index contributed by atoms with van der Waals surface area (Å²) in [6.07, 6.45) is 1.88. The van der Waals surface area contributed by atoms with Crippen molar-refractivity contribution in [2.45, 2.75) is 24.5 Å². The third-order valence-corrected chi connectivity index (χ3v) is 6.89. The average Bonchev–Trinajstić information content (AvgIpc) is 2.98. The molecule has 1 atom stereocenters. The second kappa shape index (κ2) is 7.83. The highest BCUT2D eigenvalue weighted by atomic mass is 79.9. The Morgan fingerprint density at radius 3 is 2.48 bits per heavy atom. The molecule has 4 nitrogen and oxygen atoms in total. The van der Waals surface area contributed by atoms with Crippen LogP contribution in [0.2, 0.25) is 0 Å². The van der Waals surface area contributed by atoms with Crippen LogP contribution in [0.15, 0.2) is 70.1 Å². The first-order chi connectivity index (χ1) is 12.0. The second-order valence-corrected chi connectivity index (χ2v) is 8.80. The molecule has 0 saturated carbocycles. The first-order valence-electron chi connectivity index (χ1n) is 8.04. The lowest BCUT2D eigenvalue weighted by Gasteiger charge is -2.25. The predicted octanol–water partition coefficient (Wildman–Crippen LogP) is 3.86. The molecular weight excluding hydrogens is 402 g/mol. The Kier molecular flexibility index (Phi) is 5.74. The summed E-state index contributed by atoms with van der Waals surface area (Å²) in [5.41, 5.74) is 2.09. The average molecular weight is 422 g/mol. The van der Waals surface area contributed by atoms with E-state index in [0.717, 1.165) is 15.6 Å². The third kappa shape index (κ3) is 4.20. The minimum atomic E-state index is -3.56. The summed E-state index contributed by atoms with van der Waals surface area (Å²) in [6.45, 7) is 3.04. The molecule has 0 aromatic heterocycles. The lowest BCUT2D eigenvalue weighted by atomic mass is 10.2. The third-order valence-electron chi connectivity index (χ3n) is 4.15. The summed E-state index contributed by atoms with van der Waals surface area (Å²) in [6, 6.07) is 16.4. The molecule has 1 heterocycles. The van der Waals surface area contributed by atoms with E-state index in [9.17, 15) is 8.42 Å². The van der Waals surface area contributed by atoms with E-state index in [1.54, 1.807) is 12.1 Å². The minimum Gasteiger partial charge on any atom is -0.375 e. The molecule has 1 aliphatic heterocycles. The molecule has 0 radical (unpaired) electrons. The number of hydrogen-bond acceptors (Lipinski definition) is 3. The summed E-state index contributed by atoms with van der Waals surface area (Å²) in [7, 11) is -3.56. The molecular formula is C19H20BrNO3S. The van der Waals surface area contributed by atoms with Crippen LogP contribution >= 0.6 is 15.9 Å². The van der Waals surface area contributed by atoms with E-state index in [1.165, 1.54) is 4.31 Å². The molecule has 2 aromatic rings. The van der Waals surface area contributed by atoms with Gasteiger partial charge in [-0.3, -0.25) is 0 Å². The molecule has 1 aliphatic rings. The van der Waals surface area contributed by atoms with Crippen molar-refractivity contribution in [1.82, 2.24) is 4.31 Å². The van der Waals surface area contributed by atoms with Crippen molar-refractivity contribution in [3.63, 3.8) is 0 Å². The second-order valence-electron chi connectivity index (χ2n) is 5.99. The number of benzene rings is 2. The van der Waals surface area contributed by atoms with Gasteiger partial charge < -0.3 is 4.74 Å². The first-order valence-corrected chi connectivity index (χ1v) is 10.3. The molecule has 0 N–H and O–H groups in total. The maximum atomic E-state index is 13.0. The Balaban J connectivity index is 1.71. The van der Waals surface area contributed by atoms with Gasteiger partial charge in [0, 0.05) is 11.0 Å². The van der Waals surface area contributed by atoms with E-state index in [2.05, 4.69) is 15.9 Å². The zero-order valence-electron chi connectivity index (χ0n) is 13.9. The summed E-state index contributed by atoms with van der Waals surface area (Å²) >= 11 is 3.48. The molecule has 25 heavy (non-hydrogen) atoms. The Bertz CT molecular complexity index is 848. The molecule has 3 rings (SSSR count). The maximum absolute atomic E-state index is 13.0. The van der Waals surface area contributed by atoms with E-state index in [1.807, 2.05) is 55.5 Å². The van der Waals surface area contributed by atoms with E-state index >= 15 is 0 Å². The van der Waals surface area contributed by atoms with Crippen molar-refractivity contribution < 1.29 is 13.2 Å². The molecule has 132 valence electrons. The standard InChI is InChI=1S/C19H20BrNO3S/c1-15-7-9-17(10-8-15)25(22,23)21-12-11-18(20)19(21)14-24-13-16-5-3-2-4-6-16/h2-11,19H,12-14H2,1H3/t19-/m1/s1. The highest BCUT2D eigenvalue weighted by Crippen LogP contribution is 2.30. The van der Waals surface area contributed by atoms with E-state index in [-0.39, 0.29) is 6.04 Å².